The topological polar surface area (TPSA) is 74.6 Å². The largest absolute Gasteiger partial charge is 0.478 e. The third-order valence-electron chi connectivity index (χ3n) is 3.78. The van der Waals surface area contributed by atoms with Crippen LogP contribution in [0.3, 0.4) is 0 Å². The SMILES string of the molecule is O=C(O)c1ccc(C(=O)O)c(C2=c3ccccc3=CCC2=S)c1. The highest BCUT2D eigenvalue weighted by molar-refractivity contribution is 7.81. The highest BCUT2D eigenvalue weighted by atomic mass is 32.1. The highest BCUT2D eigenvalue weighted by Gasteiger charge is 2.20. The highest BCUT2D eigenvalue weighted by Crippen LogP contribution is 2.23. The average molecular weight is 324 g/mol. The summed E-state index contributed by atoms with van der Waals surface area (Å²) >= 11 is 5.43. The maximum Gasteiger partial charge on any atom is 0.336 e. The van der Waals surface area contributed by atoms with Crippen LogP contribution in [-0.2, 0) is 0 Å². The van der Waals surface area contributed by atoms with Crippen LogP contribution in [0.15, 0.2) is 42.5 Å². The van der Waals surface area contributed by atoms with Crippen molar-refractivity contribution in [2.24, 2.45) is 0 Å². The lowest BCUT2D eigenvalue weighted by molar-refractivity contribution is 0.0681. The molecule has 1 aliphatic carbocycles. The number of carbonyl (C=O) groups is 2. The molecule has 0 bridgehead atoms. The Hall–Kier alpha value is -2.79. The molecule has 0 heterocycles. The number of thiocarbonyl (C=S) groups is 1. The molecule has 3 rings (SSSR count). The van der Waals surface area contributed by atoms with Gasteiger partial charge in [-0.25, -0.2) is 9.59 Å². The van der Waals surface area contributed by atoms with Crippen molar-refractivity contribution >= 4 is 40.7 Å². The van der Waals surface area contributed by atoms with Crippen molar-refractivity contribution in [2.45, 2.75) is 6.42 Å². The number of rotatable bonds is 3. The lowest BCUT2D eigenvalue weighted by Crippen LogP contribution is -2.33. The van der Waals surface area contributed by atoms with Crippen molar-refractivity contribution in [2.75, 3.05) is 0 Å². The molecule has 2 aromatic rings. The molecule has 0 atom stereocenters. The first-order chi connectivity index (χ1) is 11.0. The number of hydrogen-bond donors (Lipinski definition) is 2. The van der Waals surface area contributed by atoms with Gasteiger partial charge < -0.3 is 10.2 Å². The van der Waals surface area contributed by atoms with Crippen molar-refractivity contribution in [1.29, 1.82) is 0 Å². The fourth-order valence-electron chi connectivity index (χ4n) is 2.72. The molecule has 0 saturated carbocycles. The minimum Gasteiger partial charge on any atom is -0.478 e. The van der Waals surface area contributed by atoms with Crippen LogP contribution >= 0.6 is 12.2 Å². The van der Waals surface area contributed by atoms with Crippen LogP contribution in [0.5, 0.6) is 0 Å². The number of hydrogen-bond acceptors (Lipinski definition) is 3. The zero-order valence-electron chi connectivity index (χ0n) is 11.9. The van der Waals surface area contributed by atoms with E-state index >= 15 is 0 Å². The van der Waals surface area contributed by atoms with Gasteiger partial charge in [0.25, 0.3) is 0 Å². The van der Waals surface area contributed by atoms with E-state index in [9.17, 15) is 19.8 Å². The van der Waals surface area contributed by atoms with Crippen LogP contribution in [-0.4, -0.2) is 27.0 Å². The predicted octanol–water partition coefficient (Wildman–Crippen LogP) is 1.84. The normalized spacial score (nSPS) is 13.2. The molecule has 0 aliphatic heterocycles. The second kappa shape index (κ2) is 5.78. The van der Waals surface area contributed by atoms with E-state index in [1.165, 1.54) is 18.2 Å². The first-order valence-electron chi connectivity index (χ1n) is 6.93. The molecule has 23 heavy (non-hydrogen) atoms. The Morgan fingerprint density at radius 2 is 1.74 bits per heavy atom. The maximum absolute atomic E-state index is 11.6. The van der Waals surface area contributed by atoms with E-state index in [0.717, 1.165) is 10.4 Å². The number of benzene rings is 2. The quantitative estimate of drug-likeness (QED) is 0.843. The number of carboxylic acid groups (broad SMARTS) is 2. The van der Waals surface area contributed by atoms with E-state index in [1.807, 2.05) is 30.3 Å². The number of carboxylic acids is 2. The van der Waals surface area contributed by atoms with Gasteiger partial charge in [0.05, 0.1) is 11.1 Å². The van der Waals surface area contributed by atoms with Crippen molar-refractivity contribution in [3.8, 4) is 0 Å². The van der Waals surface area contributed by atoms with Crippen LogP contribution in [0.4, 0.5) is 0 Å². The van der Waals surface area contributed by atoms with Crippen molar-refractivity contribution in [1.82, 2.24) is 0 Å². The minimum absolute atomic E-state index is 0.0346. The van der Waals surface area contributed by atoms with Gasteiger partial charge in [0.2, 0.25) is 0 Å². The predicted molar refractivity (Wildman–Crippen MR) is 90.2 cm³/mol. The lowest BCUT2D eigenvalue weighted by atomic mass is 9.89. The van der Waals surface area contributed by atoms with Crippen molar-refractivity contribution in [3.63, 3.8) is 0 Å². The van der Waals surface area contributed by atoms with Gasteiger partial charge in [-0.3, -0.25) is 0 Å². The smallest absolute Gasteiger partial charge is 0.336 e. The van der Waals surface area contributed by atoms with E-state index in [4.69, 9.17) is 12.2 Å². The van der Waals surface area contributed by atoms with Gasteiger partial charge >= 0.3 is 11.9 Å². The van der Waals surface area contributed by atoms with E-state index in [1.54, 1.807) is 0 Å². The summed E-state index contributed by atoms with van der Waals surface area (Å²) in [6, 6.07) is 11.5. The van der Waals surface area contributed by atoms with Crippen LogP contribution in [0.25, 0.3) is 11.6 Å². The molecule has 0 fully saturated rings. The van der Waals surface area contributed by atoms with E-state index in [0.29, 0.717) is 22.4 Å². The van der Waals surface area contributed by atoms with Gasteiger partial charge in [0.1, 0.15) is 0 Å². The molecule has 0 radical (unpaired) electrons. The lowest BCUT2D eigenvalue weighted by Gasteiger charge is -2.16. The van der Waals surface area contributed by atoms with Crippen LogP contribution < -0.4 is 10.4 Å². The summed E-state index contributed by atoms with van der Waals surface area (Å²) in [5.41, 5.74) is 1.05. The molecule has 2 aromatic carbocycles. The Kier molecular flexibility index (Phi) is 3.80. The molecule has 0 unspecified atom stereocenters. The Morgan fingerprint density at radius 1 is 1.00 bits per heavy atom. The van der Waals surface area contributed by atoms with Gasteiger partial charge in [-0.05, 0) is 34.2 Å². The summed E-state index contributed by atoms with van der Waals surface area (Å²) in [5, 5.41) is 20.4. The average Bonchev–Trinajstić information content (AvgIpc) is 2.54. The molecule has 4 nitrogen and oxygen atoms in total. The summed E-state index contributed by atoms with van der Waals surface area (Å²) in [6.45, 7) is 0. The van der Waals surface area contributed by atoms with Crippen LogP contribution in [0, 0.1) is 0 Å². The van der Waals surface area contributed by atoms with Crippen LogP contribution in [0.1, 0.15) is 32.7 Å². The zero-order valence-corrected chi connectivity index (χ0v) is 12.8. The van der Waals surface area contributed by atoms with Gasteiger partial charge in [0, 0.05) is 16.9 Å². The van der Waals surface area contributed by atoms with E-state index in [2.05, 4.69) is 0 Å². The summed E-state index contributed by atoms with van der Waals surface area (Å²) in [6.07, 6.45) is 2.51. The number of fused-ring (bicyclic) bond motifs is 1. The Balaban J connectivity index is 2.44. The molecular weight excluding hydrogens is 312 g/mol. The Morgan fingerprint density at radius 3 is 2.43 bits per heavy atom. The Bertz CT molecular complexity index is 973. The van der Waals surface area contributed by atoms with Crippen LogP contribution in [0.2, 0.25) is 0 Å². The van der Waals surface area contributed by atoms with E-state index in [-0.39, 0.29) is 11.1 Å². The minimum atomic E-state index is -1.11. The monoisotopic (exact) mass is 324 g/mol. The maximum atomic E-state index is 11.6. The van der Waals surface area contributed by atoms with Gasteiger partial charge in [0.15, 0.2) is 0 Å². The fourth-order valence-corrected chi connectivity index (χ4v) is 3.03. The summed E-state index contributed by atoms with van der Waals surface area (Å²) < 4.78 is 0. The second-order valence-corrected chi connectivity index (χ2v) is 5.66. The third-order valence-corrected chi connectivity index (χ3v) is 4.15. The second-order valence-electron chi connectivity index (χ2n) is 5.16. The van der Waals surface area contributed by atoms with Crippen molar-refractivity contribution in [3.05, 3.63) is 69.6 Å². The molecule has 2 N–H and O–H groups in total. The summed E-state index contributed by atoms with van der Waals surface area (Å²) in [5.74, 6) is -2.22. The molecule has 0 aromatic heterocycles. The number of aromatic carboxylic acids is 2. The molecule has 114 valence electrons. The Labute approximate surface area is 137 Å². The summed E-state index contributed by atoms with van der Waals surface area (Å²) in [7, 11) is 0. The van der Waals surface area contributed by atoms with Gasteiger partial charge in [-0.1, -0.05) is 42.6 Å². The molecule has 0 saturated heterocycles. The molecule has 5 heteroatoms. The summed E-state index contributed by atoms with van der Waals surface area (Å²) in [4.78, 5) is 23.4. The molecule has 0 spiro atoms. The van der Waals surface area contributed by atoms with Crippen molar-refractivity contribution < 1.29 is 19.8 Å². The zero-order chi connectivity index (χ0) is 16.6. The fraction of sp³-hybridized carbons (Fsp3) is 0.0556. The molecule has 0 amide bonds. The van der Waals surface area contributed by atoms with E-state index < -0.39 is 11.9 Å². The first kappa shape index (κ1) is 15.1. The van der Waals surface area contributed by atoms with Gasteiger partial charge in [-0.2, -0.15) is 0 Å². The molecule has 1 aliphatic rings. The third kappa shape index (κ3) is 2.66. The molecular formula is C18H12O4S. The first-order valence-corrected chi connectivity index (χ1v) is 7.33. The standard InChI is InChI=1S/C18H12O4S/c19-17(20)11-5-7-13(18(21)22)14(9-11)16-12-4-2-1-3-10(12)6-8-15(16)23/h1-7,9H,8H2,(H,19,20)(H,21,22). The van der Waals surface area contributed by atoms with Gasteiger partial charge in [-0.15, -0.1) is 0 Å².